The highest BCUT2D eigenvalue weighted by Gasteiger charge is 2.23. The number of amides is 1. The number of rotatable bonds is 2. The lowest BCUT2D eigenvalue weighted by Gasteiger charge is -2.14. The third-order valence-electron chi connectivity index (χ3n) is 4.00. The minimum atomic E-state index is -1.32. The zero-order valence-electron chi connectivity index (χ0n) is 13.2. The molecule has 3 aromatic carbocycles. The topological polar surface area (TPSA) is 53.2 Å². The lowest BCUT2D eigenvalue weighted by atomic mass is 10.1. The Morgan fingerprint density at radius 1 is 0.769 bits per heavy atom. The van der Waals surface area contributed by atoms with Gasteiger partial charge in [0.25, 0.3) is 5.91 Å². The van der Waals surface area contributed by atoms with Gasteiger partial charge in [-0.3, -0.25) is 4.79 Å². The Balaban J connectivity index is 1.80. The molecule has 1 heterocycles. The minimum Gasteiger partial charge on any atom is -0.353 e. The number of fused-ring (bicyclic) bond motifs is 2. The van der Waals surface area contributed by atoms with E-state index in [1.54, 1.807) is 30.3 Å². The summed E-state index contributed by atoms with van der Waals surface area (Å²) in [6.07, 6.45) is 0. The van der Waals surface area contributed by atoms with Gasteiger partial charge in [0.2, 0.25) is 0 Å². The van der Waals surface area contributed by atoms with Gasteiger partial charge in [-0.15, -0.1) is 0 Å². The summed E-state index contributed by atoms with van der Waals surface area (Å²) in [5.41, 5.74) is 1.78. The van der Waals surface area contributed by atoms with E-state index in [-0.39, 0.29) is 11.3 Å². The third-order valence-corrected chi connectivity index (χ3v) is 4.00. The number of anilines is 5. The van der Waals surface area contributed by atoms with Crippen LogP contribution >= 0.6 is 0 Å². The van der Waals surface area contributed by atoms with Gasteiger partial charge in [0, 0.05) is 12.1 Å². The van der Waals surface area contributed by atoms with E-state index in [4.69, 9.17) is 0 Å². The molecule has 0 saturated heterocycles. The number of hydrogen-bond donors (Lipinski definition) is 3. The van der Waals surface area contributed by atoms with Gasteiger partial charge in [-0.05, 0) is 24.3 Å². The molecule has 1 amide bonds. The van der Waals surface area contributed by atoms with Crippen molar-refractivity contribution in [3.63, 3.8) is 0 Å². The first-order valence-electron chi connectivity index (χ1n) is 7.75. The van der Waals surface area contributed by atoms with Crippen LogP contribution in [-0.4, -0.2) is 5.91 Å². The van der Waals surface area contributed by atoms with Crippen LogP contribution in [0.4, 0.5) is 41.6 Å². The van der Waals surface area contributed by atoms with Crippen molar-refractivity contribution in [1.29, 1.82) is 0 Å². The van der Waals surface area contributed by atoms with E-state index in [1.165, 1.54) is 6.07 Å². The second kappa shape index (κ2) is 6.11. The van der Waals surface area contributed by atoms with Crippen LogP contribution in [0.5, 0.6) is 0 Å². The molecule has 0 spiro atoms. The molecule has 0 aromatic heterocycles. The summed E-state index contributed by atoms with van der Waals surface area (Å²) in [5, 5.41) is 8.50. The van der Waals surface area contributed by atoms with Gasteiger partial charge >= 0.3 is 0 Å². The first-order chi connectivity index (χ1) is 12.5. The largest absolute Gasteiger partial charge is 0.353 e. The van der Waals surface area contributed by atoms with Gasteiger partial charge in [-0.2, -0.15) is 0 Å². The molecule has 26 heavy (non-hydrogen) atoms. The van der Waals surface area contributed by atoms with Gasteiger partial charge in [0.05, 0.1) is 34.0 Å². The molecule has 7 heteroatoms. The number of nitrogens with one attached hydrogen (secondary N) is 3. The van der Waals surface area contributed by atoms with Crippen LogP contribution in [-0.2, 0) is 0 Å². The van der Waals surface area contributed by atoms with Crippen LogP contribution in [0, 0.1) is 17.5 Å². The average Bonchev–Trinajstić information content (AvgIpc) is 2.75. The monoisotopic (exact) mass is 355 g/mol. The fourth-order valence-corrected chi connectivity index (χ4v) is 2.83. The molecule has 0 atom stereocenters. The van der Waals surface area contributed by atoms with Gasteiger partial charge in [0.1, 0.15) is 5.82 Å². The van der Waals surface area contributed by atoms with Crippen LogP contribution in [0.15, 0.2) is 54.6 Å². The Morgan fingerprint density at radius 3 is 2.23 bits per heavy atom. The van der Waals surface area contributed by atoms with Crippen molar-refractivity contribution >= 4 is 34.3 Å². The molecule has 4 rings (SSSR count). The van der Waals surface area contributed by atoms with E-state index >= 15 is 0 Å². The zero-order valence-corrected chi connectivity index (χ0v) is 13.2. The van der Waals surface area contributed by atoms with Gasteiger partial charge in [-0.25, -0.2) is 13.2 Å². The summed E-state index contributed by atoms with van der Waals surface area (Å²) in [7, 11) is 0. The molecule has 1 aliphatic rings. The van der Waals surface area contributed by atoms with E-state index in [2.05, 4.69) is 16.0 Å². The van der Waals surface area contributed by atoms with Crippen molar-refractivity contribution in [1.82, 2.24) is 0 Å². The van der Waals surface area contributed by atoms with Crippen molar-refractivity contribution in [3.8, 4) is 0 Å². The number of benzene rings is 3. The van der Waals surface area contributed by atoms with Crippen LogP contribution in [0.2, 0.25) is 0 Å². The molecule has 3 aromatic rings. The van der Waals surface area contributed by atoms with E-state index in [9.17, 15) is 18.0 Å². The van der Waals surface area contributed by atoms with E-state index in [0.717, 1.165) is 6.07 Å². The zero-order chi connectivity index (χ0) is 18.3. The Bertz CT molecular complexity index is 1040. The van der Waals surface area contributed by atoms with Gasteiger partial charge in [0.15, 0.2) is 11.6 Å². The predicted octanol–water partition coefficient (Wildman–Crippen LogP) is 5.16. The Kier molecular flexibility index (Phi) is 3.76. The minimum absolute atomic E-state index is 0.202. The SMILES string of the molecule is O=C1Nc2ccccc2Nc2cccc(Nc3cc(F)cc(F)c3F)c21. The lowest BCUT2D eigenvalue weighted by Crippen LogP contribution is -2.13. The molecular weight excluding hydrogens is 343 g/mol. The summed E-state index contributed by atoms with van der Waals surface area (Å²) in [4.78, 5) is 12.7. The number of para-hydroxylation sites is 2. The van der Waals surface area contributed by atoms with Crippen molar-refractivity contribution in [3.05, 3.63) is 77.6 Å². The van der Waals surface area contributed by atoms with Crippen molar-refractivity contribution in [2.24, 2.45) is 0 Å². The average molecular weight is 355 g/mol. The van der Waals surface area contributed by atoms with E-state index < -0.39 is 29.0 Å². The summed E-state index contributed by atoms with van der Waals surface area (Å²) >= 11 is 0. The van der Waals surface area contributed by atoms with Crippen molar-refractivity contribution < 1.29 is 18.0 Å². The molecule has 0 aliphatic carbocycles. The smallest absolute Gasteiger partial charge is 0.259 e. The molecule has 0 unspecified atom stereocenters. The molecule has 0 fully saturated rings. The van der Waals surface area contributed by atoms with Crippen LogP contribution in [0.25, 0.3) is 0 Å². The number of carbonyl (C=O) groups excluding carboxylic acids is 1. The highest BCUT2D eigenvalue weighted by Crippen LogP contribution is 2.36. The molecule has 4 nitrogen and oxygen atoms in total. The standard InChI is InChI=1S/C19H12F3N3O/c20-10-8-11(21)18(22)16(9-10)24-15-7-3-6-14-17(15)19(26)25-13-5-2-1-4-12(13)23-14/h1-9,23-24H,(H,25,26). The van der Waals surface area contributed by atoms with E-state index in [0.29, 0.717) is 23.1 Å². The van der Waals surface area contributed by atoms with E-state index in [1.807, 2.05) is 6.07 Å². The summed E-state index contributed by atoms with van der Waals surface area (Å²) in [6.45, 7) is 0. The third kappa shape index (κ3) is 2.73. The maximum absolute atomic E-state index is 14.0. The van der Waals surface area contributed by atoms with Crippen LogP contribution in [0.1, 0.15) is 10.4 Å². The molecule has 0 saturated carbocycles. The van der Waals surface area contributed by atoms with Crippen molar-refractivity contribution in [2.75, 3.05) is 16.0 Å². The summed E-state index contributed by atoms with van der Waals surface area (Å²) in [6, 6.07) is 13.3. The highest BCUT2D eigenvalue weighted by molar-refractivity contribution is 6.15. The van der Waals surface area contributed by atoms with Gasteiger partial charge in [-0.1, -0.05) is 18.2 Å². The second-order valence-electron chi connectivity index (χ2n) is 5.73. The quantitative estimate of drug-likeness (QED) is 0.557. The van der Waals surface area contributed by atoms with Crippen LogP contribution < -0.4 is 16.0 Å². The molecule has 0 bridgehead atoms. The molecule has 130 valence electrons. The Morgan fingerprint density at radius 2 is 1.46 bits per heavy atom. The molecule has 1 aliphatic heterocycles. The number of hydrogen-bond acceptors (Lipinski definition) is 3. The first kappa shape index (κ1) is 16.0. The van der Waals surface area contributed by atoms with Crippen LogP contribution in [0.3, 0.4) is 0 Å². The number of halogens is 3. The lowest BCUT2D eigenvalue weighted by molar-refractivity contribution is 0.102. The van der Waals surface area contributed by atoms with Gasteiger partial charge < -0.3 is 16.0 Å². The molecule has 0 radical (unpaired) electrons. The maximum Gasteiger partial charge on any atom is 0.259 e. The molecular formula is C19H12F3N3O. The van der Waals surface area contributed by atoms with Crippen molar-refractivity contribution in [2.45, 2.75) is 0 Å². The highest BCUT2D eigenvalue weighted by atomic mass is 19.2. The summed E-state index contributed by atoms with van der Waals surface area (Å²) in [5.74, 6) is -3.90. The fraction of sp³-hybridized carbons (Fsp3) is 0. The molecule has 3 N–H and O–H groups in total. The first-order valence-corrected chi connectivity index (χ1v) is 7.75. The Labute approximate surface area is 146 Å². The second-order valence-corrected chi connectivity index (χ2v) is 5.73. The predicted molar refractivity (Wildman–Crippen MR) is 93.7 cm³/mol. The summed E-state index contributed by atoms with van der Waals surface area (Å²) < 4.78 is 40.9. The number of carbonyl (C=O) groups is 1. The normalized spacial score (nSPS) is 12.3. The maximum atomic E-state index is 14.0. The Hall–Kier alpha value is -3.48. The fourth-order valence-electron chi connectivity index (χ4n) is 2.83.